The lowest BCUT2D eigenvalue weighted by atomic mass is 10.1. The fourth-order valence-electron chi connectivity index (χ4n) is 2.00. The Kier molecular flexibility index (Phi) is 3.55. The minimum absolute atomic E-state index is 0.0362. The summed E-state index contributed by atoms with van der Waals surface area (Å²) in [4.78, 5) is 11.9. The monoisotopic (exact) mass is 283 g/mol. The number of aromatic nitrogens is 2. The Bertz CT molecular complexity index is 541. The maximum atomic E-state index is 11.9. The Labute approximate surface area is 116 Å². The third-order valence-electron chi connectivity index (χ3n) is 3.07. The summed E-state index contributed by atoms with van der Waals surface area (Å²) in [6.07, 6.45) is 0. The van der Waals surface area contributed by atoms with Crippen LogP contribution in [0, 0.1) is 5.92 Å². The van der Waals surface area contributed by atoms with Gasteiger partial charge in [-0.25, -0.2) is 4.68 Å². The van der Waals surface area contributed by atoms with E-state index in [1.807, 2.05) is 39.3 Å². The molecule has 0 aromatic carbocycles. The summed E-state index contributed by atoms with van der Waals surface area (Å²) in [5.74, 6) is 1.56. The second-order valence-electron chi connectivity index (χ2n) is 6.23. The molecule has 0 saturated carbocycles. The van der Waals surface area contributed by atoms with Crippen LogP contribution in [0.2, 0.25) is 0 Å². The van der Waals surface area contributed by atoms with E-state index >= 15 is 0 Å². The highest BCUT2D eigenvalue weighted by molar-refractivity contribution is 7.83. The zero-order valence-corrected chi connectivity index (χ0v) is 12.9. The lowest BCUT2D eigenvalue weighted by Gasteiger charge is -2.23. The van der Waals surface area contributed by atoms with Crippen LogP contribution >= 0.6 is 0 Å². The molecule has 0 bridgehead atoms. The van der Waals surface area contributed by atoms with Crippen molar-refractivity contribution in [3.05, 3.63) is 11.3 Å². The van der Waals surface area contributed by atoms with Crippen LogP contribution in [0.15, 0.2) is 0 Å². The van der Waals surface area contributed by atoms with Crippen molar-refractivity contribution in [2.45, 2.75) is 51.7 Å². The van der Waals surface area contributed by atoms with Gasteiger partial charge in [0.1, 0.15) is 5.82 Å². The topological polar surface area (TPSA) is 64.0 Å². The Morgan fingerprint density at radius 1 is 1.37 bits per heavy atom. The molecule has 0 unspecified atom stereocenters. The maximum Gasteiger partial charge on any atom is 0.228 e. The van der Waals surface area contributed by atoms with E-state index in [4.69, 9.17) is 0 Å². The van der Waals surface area contributed by atoms with Crippen molar-refractivity contribution in [3.63, 3.8) is 0 Å². The van der Waals surface area contributed by atoms with Crippen molar-refractivity contribution in [1.82, 2.24) is 9.78 Å². The van der Waals surface area contributed by atoms with Crippen LogP contribution in [-0.2, 0) is 32.6 Å². The van der Waals surface area contributed by atoms with Crippen LogP contribution in [0.3, 0.4) is 0 Å². The number of rotatable bonds is 2. The maximum absolute atomic E-state index is 11.9. The van der Waals surface area contributed by atoms with E-state index in [0.29, 0.717) is 17.3 Å². The number of nitrogens with one attached hydrogen (secondary N) is 1. The van der Waals surface area contributed by atoms with E-state index in [2.05, 4.69) is 10.4 Å². The molecule has 1 atom stereocenters. The van der Waals surface area contributed by atoms with Crippen LogP contribution in [-0.4, -0.2) is 19.9 Å². The van der Waals surface area contributed by atoms with Gasteiger partial charge in [0.05, 0.1) is 22.7 Å². The molecule has 19 heavy (non-hydrogen) atoms. The molecule has 1 amide bonds. The molecule has 2 rings (SSSR count). The molecule has 1 aliphatic heterocycles. The first kappa shape index (κ1) is 14.2. The highest BCUT2D eigenvalue weighted by atomic mass is 32.2. The summed E-state index contributed by atoms with van der Waals surface area (Å²) < 4.78 is 13.5. The normalized spacial score (nSPS) is 18.7. The van der Waals surface area contributed by atoms with Gasteiger partial charge in [-0.05, 0) is 20.8 Å². The number of hydrogen-bond donors (Lipinski definition) is 1. The average Bonchev–Trinajstić information content (AvgIpc) is 2.75. The van der Waals surface area contributed by atoms with Crippen molar-refractivity contribution in [3.8, 4) is 0 Å². The minimum atomic E-state index is -0.886. The van der Waals surface area contributed by atoms with E-state index < -0.39 is 10.8 Å². The lowest BCUT2D eigenvalue weighted by Crippen LogP contribution is -2.28. The van der Waals surface area contributed by atoms with Gasteiger partial charge in [-0.3, -0.25) is 9.00 Å². The molecule has 1 aliphatic rings. The predicted octanol–water partition coefficient (Wildman–Crippen LogP) is 1.99. The van der Waals surface area contributed by atoms with E-state index in [-0.39, 0.29) is 17.4 Å². The first-order valence-electron chi connectivity index (χ1n) is 6.47. The van der Waals surface area contributed by atoms with Crippen molar-refractivity contribution in [2.24, 2.45) is 5.92 Å². The van der Waals surface area contributed by atoms with Gasteiger partial charge < -0.3 is 5.32 Å². The third-order valence-corrected chi connectivity index (χ3v) is 4.28. The van der Waals surface area contributed by atoms with Gasteiger partial charge in [-0.15, -0.1) is 0 Å². The van der Waals surface area contributed by atoms with Crippen molar-refractivity contribution >= 4 is 22.5 Å². The molecule has 2 heterocycles. The van der Waals surface area contributed by atoms with Crippen molar-refractivity contribution in [2.75, 3.05) is 5.32 Å². The summed E-state index contributed by atoms with van der Waals surface area (Å²) in [6, 6.07) is 0. The minimum Gasteiger partial charge on any atom is -0.310 e. The van der Waals surface area contributed by atoms with E-state index in [1.54, 1.807) is 0 Å². The largest absolute Gasteiger partial charge is 0.310 e. The lowest BCUT2D eigenvalue weighted by molar-refractivity contribution is -0.118. The summed E-state index contributed by atoms with van der Waals surface area (Å²) in [6.45, 7) is 9.82. The first-order chi connectivity index (χ1) is 8.70. The molecular formula is C13H21N3O2S. The van der Waals surface area contributed by atoms with Crippen molar-refractivity contribution < 1.29 is 9.00 Å². The van der Waals surface area contributed by atoms with Gasteiger partial charge in [-0.2, -0.15) is 5.10 Å². The first-order valence-corrected chi connectivity index (χ1v) is 7.96. The molecule has 0 radical (unpaired) electrons. The smallest absolute Gasteiger partial charge is 0.228 e. The molecule has 0 spiro atoms. The number of nitrogens with zero attached hydrogens (tertiary/aromatic N) is 2. The van der Waals surface area contributed by atoms with E-state index in [9.17, 15) is 9.00 Å². The van der Waals surface area contributed by atoms with Gasteiger partial charge in [-0.1, -0.05) is 13.8 Å². The standard InChI is InChI=1S/C13H21N3O2S/c1-8(2)12(17)14-11-9-6-19(18)7-10(9)15-16(11)13(3,4)5/h8H,6-7H2,1-5H3,(H,14,17)/t19-/m1/s1. The second kappa shape index (κ2) is 4.74. The summed E-state index contributed by atoms with van der Waals surface area (Å²) in [5.41, 5.74) is 1.57. The van der Waals surface area contributed by atoms with Crippen molar-refractivity contribution in [1.29, 1.82) is 0 Å². The van der Waals surface area contributed by atoms with Gasteiger partial charge in [0, 0.05) is 22.3 Å². The molecule has 0 aliphatic carbocycles. The Morgan fingerprint density at radius 3 is 2.53 bits per heavy atom. The summed E-state index contributed by atoms with van der Waals surface area (Å²) in [7, 11) is -0.886. The molecule has 106 valence electrons. The number of hydrogen-bond acceptors (Lipinski definition) is 3. The number of anilines is 1. The third kappa shape index (κ3) is 2.73. The van der Waals surface area contributed by atoms with E-state index in [0.717, 1.165) is 11.3 Å². The quantitative estimate of drug-likeness (QED) is 0.903. The molecule has 1 aromatic heterocycles. The SMILES string of the molecule is CC(C)C(=O)Nc1c2c(nn1C(C)(C)C)C[S@](=O)C2. The number of carbonyl (C=O) groups is 1. The Morgan fingerprint density at radius 2 is 2.00 bits per heavy atom. The molecule has 0 saturated heterocycles. The van der Waals surface area contributed by atoms with Gasteiger partial charge >= 0.3 is 0 Å². The molecular weight excluding hydrogens is 262 g/mol. The fraction of sp³-hybridized carbons (Fsp3) is 0.692. The highest BCUT2D eigenvalue weighted by Crippen LogP contribution is 2.33. The van der Waals surface area contributed by atoms with Crippen LogP contribution in [0.1, 0.15) is 45.9 Å². The molecule has 1 aromatic rings. The van der Waals surface area contributed by atoms with Gasteiger partial charge in [0.25, 0.3) is 0 Å². The molecule has 5 nitrogen and oxygen atoms in total. The second-order valence-corrected chi connectivity index (χ2v) is 7.69. The Balaban J connectivity index is 2.44. The summed E-state index contributed by atoms with van der Waals surface area (Å²) >= 11 is 0. The molecule has 0 fully saturated rings. The summed E-state index contributed by atoms with van der Waals surface area (Å²) in [5, 5.41) is 7.48. The average molecular weight is 283 g/mol. The van der Waals surface area contributed by atoms with Gasteiger partial charge in [0.15, 0.2) is 0 Å². The molecule has 6 heteroatoms. The van der Waals surface area contributed by atoms with Crippen LogP contribution in [0.4, 0.5) is 5.82 Å². The number of fused-ring (bicyclic) bond motifs is 1. The van der Waals surface area contributed by atoms with E-state index in [1.165, 1.54) is 0 Å². The fourth-order valence-corrected chi connectivity index (χ4v) is 3.27. The Hall–Kier alpha value is -1.17. The predicted molar refractivity (Wildman–Crippen MR) is 76.2 cm³/mol. The number of carbonyl (C=O) groups excluding carboxylic acids is 1. The highest BCUT2D eigenvalue weighted by Gasteiger charge is 2.31. The zero-order chi connectivity index (χ0) is 14.4. The van der Waals surface area contributed by atoms with Crippen LogP contribution < -0.4 is 5.32 Å². The molecule has 1 N–H and O–H groups in total. The van der Waals surface area contributed by atoms with Crippen LogP contribution in [0.5, 0.6) is 0 Å². The van der Waals surface area contributed by atoms with Gasteiger partial charge in [0.2, 0.25) is 5.91 Å². The van der Waals surface area contributed by atoms with Crippen LogP contribution in [0.25, 0.3) is 0 Å². The zero-order valence-electron chi connectivity index (χ0n) is 12.1. The number of amides is 1.